The molecule has 10 aromatic carbocycles. The van der Waals surface area contributed by atoms with Crippen LogP contribution in [0.5, 0.6) is 0 Å². The molecule has 0 aliphatic carbocycles. The molecule has 12 aromatic rings. The highest BCUT2D eigenvalue weighted by atomic mass is 15.0. The molecule has 0 radical (unpaired) electrons. The summed E-state index contributed by atoms with van der Waals surface area (Å²) < 4.78 is 4.88. The van der Waals surface area contributed by atoms with Crippen LogP contribution >= 0.6 is 0 Å². The van der Waals surface area contributed by atoms with Gasteiger partial charge < -0.3 is 9.13 Å². The zero-order valence-electron chi connectivity index (χ0n) is 34.0. The van der Waals surface area contributed by atoms with Gasteiger partial charge in [-0.05, 0) is 117 Å². The Bertz CT molecular complexity index is 3500. The average molecular weight is 789 g/mol. The first-order chi connectivity index (χ1) is 30.8. The predicted molar refractivity (Wildman–Crippen MR) is 262 cm³/mol. The molecule has 2 heterocycles. The van der Waals surface area contributed by atoms with Gasteiger partial charge >= 0.3 is 0 Å². The third kappa shape index (κ3) is 5.96. The summed E-state index contributed by atoms with van der Waals surface area (Å²) >= 11 is 0. The maximum Gasteiger partial charge on any atom is 0.0541 e. The molecule has 0 amide bonds. The van der Waals surface area contributed by atoms with Crippen LogP contribution in [0.25, 0.3) is 111 Å². The van der Waals surface area contributed by atoms with Crippen LogP contribution in [0.15, 0.2) is 243 Å². The lowest BCUT2D eigenvalue weighted by atomic mass is 9.92. The van der Waals surface area contributed by atoms with Gasteiger partial charge in [-0.1, -0.05) is 176 Å². The topological polar surface area (TPSA) is 9.86 Å². The fourth-order valence-electron chi connectivity index (χ4n) is 9.63. The van der Waals surface area contributed by atoms with Crippen molar-refractivity contribution < 1.29 is 0 Å². The van der Waals surface area contributed by atoms with Crippen molar-refractivity contribution in [2.24, 2.45) is 0 Å². The Kier molecular flexibility index (Phi) is 8.53. The Morgan fingerprint density at radius 2 is 0.548 bits per heavy atom. The number of para-hydroxylation sites is 2. The fourth-order valence-corrected chi connectivity index (χ4v) is 9.63. The first kappa shape index (κ1) is 35.7. The average Bonchev–Trinajstić information content (AvgIpc) is 3.86. The summed E-state index contributed by atoms with van der Waals surface area (Å²) in [5.74, 6) is 0. The Balaban J connectivity index is 1.06. The number of benzene rings is 10. The van der Waals surface area contributed by atoms with Crippen molar-refractivity contribution >= 4 is 43.6 Å². The summed E-state index contributed by atoms with van der Waals surface area (Å²) in [6.45, 7) is 0. The fraction of sp³-hybridized carbons (Fsp3) is 0. The van der Waals surface area contributed by atoms with Crippen LogP contribution in [0.2, 0.25) is 0 Å². The SMILES string of the molecule is c1ccc(-c2ccc3c(c2)c2cc(-c4ccccc4-c4ccccc4-n4c5ccc(-c6ccccc6)cc5c5cc(-c6ccccc6)ccc54)ccc2n3-c2ccccc2)cc1. The van der Waals surface area contributed by atoms with E-state index in [4.69, 9.17) is 0 Å². The molecule has 12 rings (SSSR count). The van der Waals surface area contributed by atoms with E-state index in [1.165, 1.54) is 99.2 Å². The van der Waals surface area contributed by atoms with Crippen LogP contribution in [-0.2, 0) is 0 Å². The minimum Gasteiger partial charge on any atom is -0.309 e. The summed E-state index contributed by atoms with van der Waals surface area (Å²) in [5, 5.41) is 4.93. The standard InChI is InChI=1S/C60H40N2/c1-5-17-41(18-6-1)44-29-33-57-52(37-44)55-40-47(32-36-58(55)61(57)48-23-11-4-12-24-48)49-25-13-14-26-50(49)51-27-15-16-28-56(51)62-59-34-30-45(42-19-7-2-8-20-42)38-53(59)54-39-46(31-35-60(54)62)43-21-9-3-10-22-43/h1-40H. The van der Waals surface area contributed by atoms with E-state index in [2.05, 4.69) is 252 Å². The number of rotatable bonds is 7. The molecular formula is C60H40N2. The highest BCUT2D eigenvalue weighted by Crippen LogP contribution is 2.43. The molecule has 62 heavy (non-hydrogen) atoms. The third-order valence-corrected chi connectivity index (χ3v) is 12.5. The van der Waals surface area contributed by atoms with Crippen LogP contribution < -0.4 is 0 Å². The molecule has 0 N–H and O–H groups in total. The van der Waals surface area contributed by atoms with Crippen molar-refractivity contribution in [1.82, 2.24) is 9.13 Å². The molecule has 0 unspecified atom stereocenters. The van der Waals surface area contributed by atoms with E-state index < -0.39 is 0 Å². The van der Waals surface area contributed by atoms with E-state index in [0.717, 1.165) is 11.4 Å². The van der Waals surface area contributed by atoms with Gasteiger partial charge in [0.15, 0.2) is 0 Å². The Morgan fingerprint density at radius 3 is 1.02 bits per heavy atom. The molecule has 0 saturated heterocycles. The highest BCUT2D eigenvalue weighted by molar-refractivity contribution is 6.14. The van der Waals surface area contributed by atoms with E-state index in [9.17, 15) is 0 Å². The quantitative estimate of drug-likeness (QED) is 0.152. The first-order valence-electron chi connectivity index (χ1n) is 21.3. The lowest BCUT2D eigenvalue weighted by molar-refractivity contribution is 1.18. The van der Waals surface area contributed by atoms with E-state index >= 15 is 0 Å². The number of hydrogen-bond donors (Lipinski definition) is 0. The second kappa shape index (κ2) is 14.8. The zero-order valence-corrected chi connectivity index (χ0v) is 34.0. The minimum atomic E-state index is 1.15. The van der Waals surface area contributed by atoms with Crippen LogP contribution in [0.4, 0.5) is 0 Å². The van der Waals surface area contributed by atoms with Crippen molar-refractivity contribution in [2.45, 2.75) is 0 Å². The van der Waals surface area contributed by atoms with Gasteiger partial charge in [-0.2, -0.15) is 0 Å². The summed E-state index contributed by atoms with van der Waals surface area (Å²) in [4.78, 5) is 0. The zero-order chi connectivity index (χ0) is 41.0. The van der Waals surface area contributed by atoms with Crippen LogP contribution in [0.1, 0.15) is 0 Å². The molecule has 0 bridgehead atoms. The van der Waals surface area contributed by atoms with Gasteiger partial charge in [-0.3, -0.25) is 0 Å². The molecule has 0 spiro atoms. The maximum absolute atomic E-state index is 2.47. The molecule has 2 aromatic heterocycles. The molecule has 0 saturated carbocycles. The third-order valence-electron chi connectivity index (χ3n) is 12.5. The molecule has 290 valence electrons. The molecule has 0 fully saturated rings. The van der Waals surface area contributed by atoms with Crippen molar-refractivity contribution in [3.63, 3.8) is 0 Å². The van der Waals surface area contributed by atoms with Gasteiger partial charge in [0.2, 0.25) is 0 Å². The minimum absolute atomic E-state index is 1.15. The molecule has 2 heteroatoms. The van der Waals surface area contributed by atoms with Crippen LogP contribution in [0.3, 0.4) is 0 Å². The summed E-state index contributed by atoms with van der Waals surface area (Å²) in [5.41, 5.74) is 19.1. The molecule has 0 atom stereocenters. The molecule has 2 nitrogen and oxygen atoms in total. The van der Waals surface area contributed by atoms with Crippen molar-refractivity contribution in [2.75, 3.05) is 0 Å². The number of hydrogen-bond acceptors (Lipinski definition) is 0. The maximum atomic E-state index is 2.47. The lowest BCUT2D eigenvalue weighted by Gasteiger charge is -2.17. The van der Waals surface area contributed by atoms with Gasteiger partial charge in [0.1, 0.15) is 0 Å². The van der Waals surface area contributed by atoms with E-state index in [1.807, 2.05) is 0 Å². The molecular weight excluding hydrogens is 749 g/mol. The van der Waals surface area contributed by atoms with E-state index in [1.54, 1.807) is 0 Å². The second-order valence-electron chi connectivity index (χ2n) is 16.1. The Labute approximate surface area is 360 Å². The van der Waals surface area contributed by atoms with E-state index in [-0.39, 0.29) is 0 Å². The van der Waals surface area contributed by atoms with Gasteiger partial charge in [0.05, 0.1) is 27.8 Å². The second-order valence-corrected chi connectivity index (χ2v) is 16.1. The first-order valence-corrected chi connectivity index (χ1v) is 21.3. The van der Waals surface area contributed by atoms with Gasteiger partial charge in [0, 0.05) is 32.8 Å². The van der Waals surface area contributed by atoms with Crippen LogP contribution in [0, 0.1) is 0 Å². The summed E-state index contributed by atoms with van der Waals surface area (Å²) in [6, 6.07) is 88.5. The van der Waals surface area contributed by atoms with Gasteiger partial charge in [0.25, 0.3) is 0 Å². The number of aromatic nitrogens is 2. The summed E-state index contributed by atoms with van der Waals surface area (Å²) in [7, 11) is 0. The Morgan fingerprint density at radius 1 is 0.210 bits per heavy atom. The van der Waals surface area contributed by atoms with Crippen molar-refractivity contribution in [3.8, 4) is 67.0 Å². The lowest BCUT2D eigenvalue weighted by Crippen LogP contribution is -1.98. The van der Waals surface area contributed by atoms with Gasteiger partial charge in [-0.25, -0.2) is 0 Å². The normalized spacial score (nSPS) is 11.5. The Hall–Kier alpha value is -8.20. The summed E-state index contributed by atoms with van der Waals surface area (Å²) in [6.07, 6.45) is 0. The largest absolute Gasteiger partial charge is 0.309 e. The van der Waals surface area contributed by atoms with Crippen molar-refractivity contribution in [3.05, 3.63) is 243 Å². The molecule has 0 aliphatic heterocycles. The smallest absolute Gasteiger partial charge is 0.0541 e. The number of nitrogens with zero attached hydrogens (tertiary/aromatic N) is 2. The van der Waals surface area contributed by atoms with Crippen LogP contribution in [-0.4, -0.2) is 9.13 Å². The predicted octanol–water partition coefficient (Wildman–Crippen LogP) is 16.2. The van der Waals surface area contributed by atoms with E-state index in [0.29, 0.717) is 0 Å². The van der Waals surface area contributed by atoms with Gasteiger partial charge in [-0.15, -0.1) is 0 Å². The molecule has 0 aliphatic rings. The monoisotopic (exact) mass is 788 g/mol. The highest BCUT2D eigenvalue weighted by Gasteiger charge is 2.20. The number of fused-ring (bicyclic) bond motifs is 6. The van der Waals surface area contributed by atoms with Crippen molar-refractivity contribution in [1.29, 1.82) is 0 Å².